The summed E-state index contributed by atoms with van der Waals surface area (Å²) in [6, 6.07) is 3.70. The van der Waals surface area contributed by atoms with Crippen molar-refractivity contribution < 1.29 is 32.9 Å². The Labute approximate surface area is 177 Å². The van der Waals surface area contributed by atoms with Crippen LogP contribution in [0.15, 0.2) is 18.2 Å². The lowest BCUT2D eigenvalue weighted by Gasteiger charge is -2.29. The van der Waals surface area contributed by atoms with Gasteiger partial charge in [0.25, 0.3) is 6.47 Å². The second-order valence-electron chi connectivity index (χ2n) is 8.02. The number of nitrogens with zero attached hydrogens (tertiary/aromatic N) is 1. The molecule has 0 radical (unpaired) electrons. The summed E-state index contributed by atoms with van der Waals surface area (Å²) in [4.78, 5) is 25.0. The van der Waals surface area contributed by atoms with Crippen molar-refractivity contribution in [1.29, 1.82) is 0 Å². The van der Waals surface area contributed by atoms with Crippen molar-refractivity contribution in [2.24, 2.45) is 0 Å². The van der Waals surface area contributed by atoms with Crippen LogP contribution in [0.3, 0.4) is 0 Å². The van der Waals surface area contributed by atoms with Crippen LogP contribution in [-0.2, 0) is 19.0 Å². The molecule has 1 aromatic carbocycles. The molecule has 0 spiro atoms. The van der Waals surface area contributed by atoms with Gasteiger partial charge in [0.2, 0.25) is 0 Å². The Morgan fingerprint density at radius 3 is 2.60 bits per heavy atom. The third kappa shape index (κ3) is 6.32. The number of carbonyl (C=O) groups is 2. The van der Waals surface area contributed by atoms with Crippen molar-refractivity contribution in [2.45, 2.75) is 71.3 Å². The summed E-state index contributed by atoms with van der Waals surface area (Å²) in [5, 5.41) is 0. The van der Waals surface area contributed by atoms with Gasteiger partial charge >= 0.3 is 6.09 Å². The van der Waals surface area contributed by atoms with E-state index in [1.165, 1.54) is 17.0 Å². The van der Waals surface area contributed by atoms with Crippen LogP contribution in [0.2, 0.25) is 0 Å². The molecule has 2 fully saturated rings. The van der Waals surface area contributed by atoms with Gasteiger partial charge in [0.1, 0.15) is 29.4 Å². The van der Waals surface area contributed by atoms with Crippen molar-refractivity contribution in [3.63, 3.8) is 0 Å². The zero-order chi connectivity index (χ0) is 22.3. The van der Waals surface area contributed by atoms with Gasteiger partial charge in [0, 0.05) is 18.4 Å². The number of hydrogen-bond donors (Lipinski definition) is 0. The molecule has 2 saturated heterocycles. The molecule has 2 heterocycles. The van der Waals surface area contributed by atoms with E-state index in [0.717, 1.165) is 6.42 Å². The molecule has 7 nitrogen and oxygen atoms in total. The van der Waals surface area contributed by atoms with Crippen LogP contribution < -0.4 is 4.74 Å². The molecule has 3 atom stereocenters. The quantitative estimate of drug-likeness (QED) is 0.657. The van der Waals surface area contributed by atoms with Gasteiger partial charge in [0.05, 0.1) is 25.8 Å². The number of carbonyl (C=O) groups excluding carboxylic acids is 2. The maximum absolute atomic E-state index is 14.1. The average Bonchev–Trinajstić information content (AvgIpc) is 3.34. The molecule has 168 valence electrons. The fraction of sp³-hybridized carbons (Fsp3) is 0.636. The molecule has 0 aliphatic carbocycles. The fourth-order valence-electron chi connectivity index (χ4n) is 3.46. The van der Waals surface area contributed by atoms with Crippen molar-refractivity contribution in [1.82, 2.24) is 4.90 Å². The smallest absolute Gasteiger partial charge is 0.410 e. The molecule has 1 aromatic rings. The highest BCUT2D eigenvalue weighted by Crippen LogP contribution is 2.40. The average molecular weight is 425 g/mol. The summed E-state index contributed by atoms with van der Waals surface area (Å²) in [6.45, 7) is 10.9. The van der Waals surface area contributed by atoms with E-state index < -0.39 is 29.7 Å². The van der Waals surface area contributed by atoms with Gasteiger partial charge in [-0.15, -0.1) is 0 Å². The van der Waals surface area contributed by atoms with E-state index >= 15 is 0 Å². The predicted molar refractivity (Wildman–Crippen MR) is 109 cm³/mol. The van der Waals surface area contributed by atoms with Gasteiger partial charge in [-0.1, -0.05) is 13.8 Å². The van der Waals surface area contributed by atoms with E-state index in [2.05, 4.69) is 0 Å². The predicted octanol–water partition coefficient (Wildman–Crippen LogP) is 4.24. The minimum atomic E-state index is -0.687. The number of ether oxygens (including phenoxy) is 4. The summed E-state index contributed by atoms with van der Waals surface area (Å²) in [5.41, 5.74) is -0.164. The van der Waals surface area contributed by atoms with Gasteiger partial charge in [-0.25, -0.2) is 9.18 Å². The molecule has 1 amide bonds. The number of rotatable bonds is 5. The third-order valence-corrected chi connectivity index (χ3v) is 4.65. The molecule has 2 aliphatic rings. The Morgan fingerprint density at radius 2 is 2.00 bits per heavy atom. The molecule has 0 N–H and O–H groups in total. The molecule has 3 unspecified atom stereocenters. The van der Waals surface area contributed by atoms with E-state index in [1.807, 2.05) is 13.8 Å². The third-order valence-electron chi connectivity index (χ3n) is 4.65. The zero-order valence-electron chi connectivity index (χ0n) is 18.4. The number of hydrogen-bond acceptors (Lipinski definition) is 6. The Balaban J connectivity index is 0.00000155. The molecule has 8 heteroatoms. The van der Waals surface area contributed by atoms with Crippen molar-refractivity contribution in [3.8, 4) is 5.75 Å². The lowest BCUT2D eigenvalue weighted by Crippen LogP contribution is -2.37. The van der Waals surface area contributed by atoms with Crippen LogP contribution in [0.1, 0.15) is 59.1 Å². The summed E-state index contributed by atoms with van der Waals surface area (Å²) >= 11 is 0. The summed E-state index contributed by atoms with van der Waals surface area (Å²) in [5.74, 6) is 0.0520. The number of likely N-dealkylation sites (tertiary alicyclic amines) is 1. The maximum Gasteiger partial charge on any atom is 0.410 e. The first kappa shape index (κ1) is 23.9. The Morgan fingerprint density at radius 1 is 1.27 bits per heavy atom. The van der Waals surface area contributed by atoms with Crippen LogP contribution in [0, 0.1) is 5.82 Å². The van der Waals surface area contributed by atoms with Crippen LogP contribution in [0.25, 0.3) is 0 Å². The first-order chi connectivity index (χ1) is 14.3. The highest BCUT2D eigenvalue weighted by atomic mass is 19.1. The van der Waals surface area contributed by atoms with Crippen molar-refractivity contribution in [2.75, 3.05) is 19.8 Å². The molecule has 3 rings (SSSR count). The lowest BCUT2D eigenvalue weighted by atomic mass is 10.0. The zero-order valence-corrected chi connectivity index (χ0v) is 18.4. The highest BCUT2D eigenvalue weighted by molar-refractivity contribution is 5.70. The highest BCUT2D eigenvalue weighted by Gasteiger charge is 2.41. The minimum Gasteiger partial charge on any atom is -0.488 e. The van der Waals surface area contributed by atoms with Crippen LogP contribution in [0.5, 0.6) is 5.75 Å². The van der Waals surface area contributed by atoms with E-state index in [4.69, 9.17) is 18.9 Å². The van der Waals surface area contributed by atoms with E-state index in [9.17, 15) is 14.0 Å². The summed E-state index contributed by atoms with van der Waals surface area (Å²) in [7, 11) is 0. The Kier molecular flexibility index (Phi) is 8.46. The molecule has 30 heavy (non-hydrogen) atoms. The first-order valence-corrected chi connectivity index (χ1v) is 10.4. The van der Waals surface area contributed by atoms with Crippen LogP contribution in [-0.4, -0.2) is 55.0 Å². The molecule has 0 saturated carbocycles. The van der Waals surface area contributed by atoms with Crippen LogP contribution in [0.4, 0.5) is 9.18 Å². The monoisotopic (exact) mass is 425 g/mol. The van der Waals surface area contributed by atoms with Gasteiger partial charge in [-0.05, 0) is 39.0 Å². The summed E-state index contributed by atoms with van der Waals surface area (Å²) < 4.78 is 36.0. The van der Waals surface area contributed by atoms with E-state index in [0.29, 0.717) is 37.4 Å². The fourth-order valence-corrected chi connectivity index (χ4v) is 3.46. The van der Waals surface area contributed by atoms with Crippen LogP contribution >= 0.6 is 0 Å². The normalized spacial score (nSPS) is 23.4. The molecule has 2 aliphatic heterocycles. The van der Waals surface area contributed by atoms with Crippen molar-refractivity contribution >= 4 is 12.6 Å². The van der Waals surface area contributed by atoms with Gasteiger partial charge in [-0.2, -0.15) is 0 Å². The van der Waals surface area contributed by atoms with Gasteiger partial charge in [0.15, 0.2) is 0 Å². The second kappa shape index (κ2) is 10.6. The second-order valence-corrected chi connectivity index (χ2v) is 8.02. The van der Waals surface area contributed by atoms with Crippen molar-refractivity contribution in [3.05, 3.63) is 29.6 Å². The number of amides is 1. The lowest BCUT2D eigenvalue weighted by molar-refractivity contribution is -0.133. The van der Waals surface area contributed by atoms with E-state index in [1.54, 1.807) is 26.8 Å². The standard InChI is InChI=1S/C20H26FNO6.C2H6/c1-20(2,3)28-19(24)22-10-15(26-12-23)9-17(22)16-8-13(21)4-5-18(16)27-14-6-7-25-11-14;1-2/h4-5,8,12,14-15,17H,6-7,9-11H2,1-3H3;1-2H3. The Hall–Kier alpha value is -2.35. The maximum atomic E-state index is 14.1. The molecular weight excluding hydrogens is 393 g/mol. The minimum absolute atomic E-state index is 0.123. The molecular formula is C22H32FNO6. The largest absolute Gasteiger partial charge is 0.488 e. The summed E-state index contributed by atoms with van der Waals surface area (Å²) in [6.07, 6.45) is -0.0925. The topological polar surface area (TPSA) is 74.3 Å². The first-order valence-electron chi connectivity index (χ1n) is 10.4. The SMILES string of the molecule is CC.CC(C)(C)OC(=O)N1CC(OC=O)CC1c1cc(F)ccc1OC1CCOC1. The van der Waals surface area contributed by atoms with E-state index in [-0.39, 0.29) is 12.6 Å². The molecule has 0 aromatic heterocycles. The van der Waals surface area contributed by atoms with Gasteiger partial charge < -0.3 is 18.9 Å². The number of halogens is 1. The number of benzene rings is 1. The Bertz CT molecular complexity index is 714. The molecule has 0 bridgehead atoms. The van der Waals surface area contributed by atoms with Gasteiger partial charge in [-0.3, -0.25) is 9.69 Å².